The minimum absolute atomic E-state index is 0.0176. The van der Waals surface area contributed by atoms with E-state index in [-0.39, 0.29) is 34.7 Å². The standard InChI is InChI=1S/C17H23N3O4S/c1-4-14(15-8-6-5-7-9-15)10-18-16(21)11-19-25(22,23)17-12(2)20-24-13(17)3/h5-9,14,19H,4,10-11H2,1-3H3,(H,18,21)/t14-/m1/s1. The van der Waals surface area contributed by atoms with Crippen LogP contribution in [0.25, 0.3) is 0 Å². The van der Waals surface area contributed by atoms with E-state index in [1.165, 1.54) is 13.8 Å². The summed E-state index contributed by atoms with van der Waals surface area (Å²) in [4.78, 5) is 12.0. The highest BCUT2D eigenvalue weighted by Gasteiger charge is 2.24. The van der Waals surface area contributed by atoms with Crippen LogP contribution in [0.3, 0.4) is 0 Å². The maximum absolute atomic E-state index is 12.3. The molecule has 0 saturated heterocycles. The summed E-state index contributed by atoms with van der Waals surface area (Å²) in [6.07, 6.45) is 0.870. The SMILES string of the molecule is CC[C@H](CNC(=O)CNS(=O)(=O)c1c(C)noc1C)c1ccccc1. The molecule has 1 heterocycles. The number of carbonyl (C=O) groups is 1. The number of hydrogen-bond acceptors (Lipinski definition) is 5. The number of aromatic nitrogens is 1. The lowest BCUT2D eigenvalue weighted by Gasteiger charge is -2.16. The Bertz CT molecular complexity index is 796. The third-order valence-electron chi connectivity index (χ3n) is 3.97. The summed E-state index contributed by atoms with van der Waals surface area (Å²) in [5.41, 5.74) is 1.40. The van der Waals surface area contributed by atoms with E-state index in [1.807, 2.05) is 37.3 Å². The highest BCUT2D eigenvalue weighted by Crippen LogP contribution is 2.19. The molecule has 1 amide bonds. The van der Waals surface area contributed by atoms with Gasteiger partial charge in [0.05, 0.1) is 6.54 Å². The lowest BCUT2D eigenvalue weighted by Crippen LogP contribution is -2.38. The summed E-state index contributed by atoms with van der Waals surface area (Å²) in [5, 5.41) is 6.39. The molecule has 2 rings (SSSR count). The van der Waals surface area contributed by atoms with E-state index in [0.717, 1.165) is 12.0 Å². The van der Waals surface area contributed by atoms with Gasteiger partial charge < -0.3 is 9.84 Å². The molecular formula is C17H23N3O4S. The van der Waals surface area contributed by atoms with Crippen LogP contribution in [-0.2, 0) is 14.8 Å². The molecule has 0 bridgehead atoms. The zero-order chi connectivity index (χ0) is 18.4. The van der Waals surface area contributed by atoms with Gasteiger partial charge >= 0.3 is 0 Å². The zero-order valence-corrected chi connectivity index (χ0v) is 15.4. The minimum atomic E-state index is -3.84. The number of rotatable bonds is 8. The van der Waals surface area contributed by atoms with Crippen molar-refractivity contribution in [2.45, 2.75) is 38.0 Å². The van der Waals surface area contributed by atoms with Crippen LogP contribution in [0.15, 0.2) is 39.8 Å². The summed E-state index contributed by atoms with van der Waals surface area (Å²) in [6.45, 7) is 5.21. The molecule has 7 nitrogen and oxygen atoms in total. The number of carbonyl (C=O) groups excluding carboxylic acids is 1. The number of amides is 1. The summed E-state index contributed by atoms with van der Waals surface area (Å²) in [7, 11) is -3.84. The maximum atomic E-state index is 12.3. The average Bonchev–Trinajstić information content (AvgIpc) is 2.94. The third-order valence-corrected chi connectivity index (χ3v) is 5.61. The molecule has 25 heavy (non-hydrogen) atoms. The van der Waals surface area contributed by atoms with Gasteiger partial charge in [0.2, 0.25) is 15.9 Å². The van der Waals surface area contributed by atoms with Crippen LogP contribution in [0, 0.1) is 13.8 Å². The predicted octanol–water partition coefficient (Wildman–Crippen LogP) is 1.88. The molecule has 2 aromatic rings. The lowest BCUT2D eigenvalue weighted by molar-refractivity contribution is -0.120. The second kappa shape index (κ2) is 8.26. The molecule has 0 aliphatic carbocycles. The smallest absolute Gasteiger partial charge is 0.246 e. The molecule has 0 saturated carbocycles. The quantitative estimate of drug-likeness (QED) is 0.744. The van der Waals surface area contributed by atoms with Crippen molar-refractivity contribution < 1.29 is 17.7 Å². The van der Waals surface area contributed by atoms with E-state index >= 15 is 0 Å². The molecule has 0 aliphatic rings. The van der Waals surface area contributed by atoms with Crippen molar-refractivity contribution in [3.8, 4) is 0 Å². The number of sulfonamides is 1. The van der Waals surface area contributed by atoms with E-state index in [2.05, 4.69) is 15.2 Å². The van der Waals surface area contributed by atoms with Crippen LogP contribution < -0.4 is 10.0 Å². The van der Waals surface area contributed by atoms with Crippen molar-refractivity contribution in [3.63, 3.8) is 0 Å². The fourth-order valence-corrected chi connectivity index (χ4v) is 3.92. The second-order valence-corrected chi connectivity index (χ2v) is 7.50. The highest BCUT2D eigenvalue weighted by atomic mass is 32.2. The highest BCUT2D eigenvalue weighted by molar-refractivity contribution is 7.89. The zero-order valence-electron chi connectivity index (χ0n) is 14.6. The molecule has 0 radical (unpaired) electrons. The first-order chi connectivity index (χ1) is 11.8. The number of aryl methyl sites for hydroxylation is 2. The number of nitrogens with zero attached hydrogens (tertiary/aromatic N) is 1. The third kappa shape index (κ3) is 4.90. The van der Waals surface area contributed by atoms with Crippen molar-refractivity contribution in [3.05, 3.63) is 47.3 Å². The first-order valence-corrected chi connectivity index (χ1v) is 9.57. The molecule has 1 aromatic heterocycles. The van der Waals surface area contributed by atoms with E-state index in [0.29, 0.717) is 6.54 Å². The molecule has 2 N–H and O–H groups in total. The molecule has 0 aliphatic heterocycles. The number of nitrogens with one attached hydrogen (secondary N) is 2. The Morgan fingerprint density at radius 1 is 1.24 bits per heavy atom. The van der Waals surface area contributed by atoms with E-state index in [1.54, 1.807) is 0 Å². The van der Waals surface area contributed by atoms with Gasteiger partial charge in [-0.2, -0.15) is 0 Å². The van der Waals surface area contributed by atoms with Crippen molar-refractivity contribution in [2.24, 2.45) is 0 Å². The Balaban J connectivity index is 1.90. The fraction of sp³-hybridized carbons (Fsp3) is 0.412. The lowest BCUT2D eigenvalue weighted by atomic mass is 9.96. The van der Waals surface area contributed by atoms with Crippen LogP contribution in [0.1, 0.15) is 36.3 Å². The summed E-state index contributed by atoms with van der Waals surface area (Å²) < 4.78 is 31.7. The Hall–Kier alpha value is -2.19. The molecule has 8 heteroatoms. The maximum Gasteiger partial charge on any atom is 0.246 e. The van der Waals surface area contributed by atoms with E-state index in [4.69, 9.17) is 4.52 Å². The average molecular weight is 365 g/mol. The minimum Gasteiger partial charge on any atom is -0.360 e. The molecule has 1 aromatic carbocycles. The van der Waals surface area contributed by atoms with Gasteiger partial charge in [-0.15, -0.1) is 0 Å². The topological polar surface area (TPSA) is 101 Å². The van der Waals surface area contributed by atoms with Crippen LogP contribution >= 0.6 is 0 Å². The Morgan fingerprint density at radius 3 is 2.48 bits per heavy atom. The molecular weight excluding hydrogens is 342 g/mol. The van der Waals surface area contributed by atoms with Crippen LogP contribution in [0.4, 0.5) is 0 Å². The molecule has 0 fully saturated rings. The summed E-state index contributed by atoms with van der Waals surface area (Å²) >= 11 is 0. The van der Waals surface area contributed by atoms with E-state index < -0.39 is 10.0 Å². The summed E-state index contributed by atoms with van der Waals surface area (Å²) in [6, 6.07) is 9.88. The van der Waals surface area contributed by atoms with Crippen molar-refractivity contribution >= 4 is 15.9 Å². The monoisotopic (exact) mass is 365 g/mol. The van der Waals surface area contributed by atoms with Gasteiger partial charge in [0, 0.05) is 12.5 Å². The first-order valence-electron chi connectivity index (χ1n) is 8.09. The fourth-order valence-electron chi connectivity index (χ4n) is 2.61. The molecule has 0 spiro atoms. The first kappa shape index (κ1) is 19.1. The van der Waals surface area contributed by atoms with Crippen LogP contribution in [-0.4, -0.2) is 32.6 Å². The van der Waals surface area contributed by atoms with Gasteiger partial charge in [0.25, 0.3) is 0 Å². The Kier molecular flexibility index (Phi) is 6.33. The normalized spacial score (nSPS) is 12.8. The number of hydrogen-bond donors (Lipinski definition) is 2. The van der Waals surface area contributed by atoms with Gasteiger partial charge in [-0.3, -0.25) is 4.79 Å². The Morgan fingerprint density at radius 2 is 1.92 bits per heavy atom. The largest absolute Gasteiger partial charge is 0.360 e. The van der Waals surface area contributed by atoms with E-state index in [9.17, 15) is 13.2 Å². The van der Waals surface area contributed by atoms with Gasteiger partial charge in [0.15, 0.2) is 5.76 Å². The van der Waals surface area contributed by atoms with Gasteiger partial charge in [-0.05, 0) is 25.8 Å². The second-order valence-electron chi connectivity index (χ2n) is 5.80. The molecule has 136 valence electrons. The summed E-state index contributed by atoms with van der Waals surface area (Å²) in [5.74, 6) is -0.00503. The van der Waals surface area contributed by atoms with Gasteiger partial charge in [-0.1, -0.05) is 42.4 Å². The van der Waals surface area contributed by atoms with Crippen molar-refractivity contribution in [1.29, 1.82) is 0 Å². The van der Waals surface area contributed by atoms with Gasteiger partial charge in [0.1, 0.15) is 10.6 Å². The van der Waals surface area contributed by atoms with Crippen LogP contribution in [0.2, 0.25) is 0 Å². The predicted molar refractivity (Wildman–Crippen MR) is 93.6 cm³/mol. The van der Waals surface area contributed by atoms with Gasteiger partial charge in [-0.25, -0.2) is 13.1 Å². The van der Waals surface area contributed by atoms with Crippen molar-refractivity contribution in [1.82, 2.24) is 15.2 Å². The molecule has 0 unspecified atom stereocenters. The van der Waals surface area contributed by atoms with Crippen LogP contribution in [0.5, 0.6) is 0 Å². The number of benzene rings is 1. The Labute approximate surface area is 147 Å². The van der Waals surface area contributed by atoms with Crippen molar-refractivity contribution in [2.75, 3.05) is 13.1 Å². The molecule has 1 atom stereocenters.